The molecule has 0 amide bonds. The van der Waals surface area contributed by atoms with E-state index in [1.54, 1.807) is 11.8 Å². The lowest BCUT2D eigenvalue weighted by Crippen LogP contribution is -1.97. The average molecular weight is 376 g/mol. The molecule has 0 atom stereocenters. The zero-order valence-corrected chi connectivity index (χ0v) is 15.9. The topological polar surface area (TPSA) is 75.2 Å². The number of benzene rings is 2. The van der Waals surface area contributed by atoms with Crippen molar-refractivity contribution in [3.05, 3.63) is 66.0 Å². The first-order valence-corrected chi connectivity index (χ1v) is 8.83. The minimum Gasteiger partial charge on any atom is -0.493 e. The third kappa shape index (κ3) is 3.59. The van der Waals surface area contributed by atoms with Gasteiger partial charge in [-0.2, -0.15) is 5.10 Å². The molecule has 0 aliphatic rings. The zero-order chi connectivity index (χ0) is 19.5. The van der Waals surface area contributed by atoms with Gasteiger partial charge in [0.15, 0.2) is 11.5 Å². The Bertz CT molecular complexity index is 1100. The number of aryl methyl sites for hydroxylation is 2. The van der Waals surface area contributed by atoms with Gasteiger partial charge < -0.3 is 13.9 Å². The normalized spacial score (nSPS) is 10.8. The molecule has 4 rings (SSSR count). The van der Waals surface area contributed by atoms with Gasteiger partial charge in [0, 0.05) is 18.8 Å². The van der Waals surface area contributed by atoms with E-state index in [9.17, 15) is 0 Å². The molecule has 0 fully saturated rings. The molecule has 28 heavy (non-hydrogen) atoms. The lowest BCUT2D eigenvalue weighted by Gasteiger charge is -2.10. The lowest BCUT2D eigenvalue weighted by atomic mass is 10.1. The van der Waals surface area contributed by atoms with E-state index in [1.165, 1.54) is 0 Å². The fraction of sp³-hybridized carbons (Fsp3) is 0.190. The van der Waals surface area contributed by atoms with E-state index < -0.39 is 0 Å². The van der Waals surface area contributed by atoms with Gasteiger partial charge in [-0.15, -0.1) is 10.2 Å². The summed E-state index contributed by atoms with van der Waals surface area (Å²) in [7, 11) is 3.49. The Morgan fingerprint density at radius 2 is 1.79 bits per heavy atom. The Balaban J connectivity index is 1.53. The van der Waals surface area contributed by atoms with Crippen LogP contribution in [-0.2, 0) is 13.7 Å². The molecule has 0 bridgehead atoms. The summed E-state index contributed by atoms with van der Waals surface area (Å²) in [5, 5.41) is 12.7. The van der Waals surface area contributed by atoms with Crippen molar-refractivity contribution in [2.75, 3.05) is 7.11 Å². The van der Waals surface area contributed by atoms with Gasteiger partial charge in [0.1, 0.15) is 6.61 Å². The number of para-hydroxylation sites is 2. The van der Waals surface area contributed by atoms with Crippen molar-refractivity contribution in [3.63, 3.8) is 0 Å². The molecule has 2 aromatic heterocycles. The monoisotopic (exact) mass is 376 g/mol. The maximum absolute atomic E-state index is 5.90. The second-order valence-corrected chi connectivity index (χ2v) is 6.35. The Hall–Kier alpha value is -3.61. The molecule has 0 unspecified atom stereocenters. The molecule has 142 valence electrons. The number of rotatable bonds is 6. The van der Waals surface area contributed by atoms with E-state index in [1.807, 2.05) is 68.7 Å². The van der Waals surface area contributed by atoms with E-state index in [0.717, 1.165) is 22.4 Å². The highest BCUT2D eigenvalue weighted by Crippen LogP contribution is 2.28. The van der Waals surface area contributed by atoms with Crippen molar-refractivity contribution in [3.8, 4) is 34.4 Å². The number of methoxy groups -OCH3 is 1. The number of ether oxygens (including phenoxy) is 2. The van der Waals surface area contributed by atoms with Crippen LogP contribution in [0.15, 0.2) is 59.1 Å². The van der Waals surface area contributed by atoms with Crippen LogP contribution in [0.2, 0.25) is 0 Å². The highest BCUT2D eigenvalue weighted by atomic mass is 16.5. The van der Waals surface area contributed by atoms with Gasteiger partial charge in [-0.05, 0) is 36.8 Å². The highest BCUT2D eigenvalue weighted by molar-refractivity contribution is 5.59. The molecule has 2 aromatic carbocycles. The van der Waals surface area contributed by atoms with Crippen LogP contribution < -0.4 is 9.47 Å². The largest absolute Gasteiger partial charge is 0.493 e. The quantitative estimate of drug-likeness (QED) is 0.506. The lowest BCUT2D eigenvalue weighted by molar-refractivity contribution is 0.284. The second kappa shape index (κ2) is 7.56. The molecular formula is C21H20N4O3. The van der Waals surface area contributed by atoms with Gasteiger partial charge >= 0.3 is 0 Å². The number of hydrogen-bond acceptors (Lipinski definition) is 6. The number of nitrogens with zero attached hydrogens (tertiary/aromatic N) is 4. The minimum atomic E-state index is 0.400. The summed E-state index contributed by atoms with van der Waals surface area (Å²) in [4.78, 5) is 0. The van der Waals surface area contributed by atoms with E-state index in [4.69, 9.17) is 13.9 Å². The zero-order valence-electron chi connectivity index (χ0n) is 15.9. The van der Waals surface area contributed by atoms with E-state index in [-0.39, 0.29) is 0 Å². The molecule has 7 heteroatoms. The summed E-state index contributed by atoms with van der Waals surface area (Å²) in [5.41, 5.74) is 3.50. The van der Waals surface area contributed by atoms with Crippen molar-refractivity contribution in [1.82, 2.24) is 20.0 Å². The smallest absolute Gasteiger partial charge is 0.251 e. The first kappa shape index (κ1) is 17.8. The van der Waals surface area contributed by atoms with E-state index in [0.29, 0.717) is 29.9 Å². The summed E-state index contributed by atoms with van der Waals surface area (Å²) in [6, 6.07) is 15.4. The molecule has 0 saturated carbocycles. The predicted octanol–water partition coefficient (Wildman–Crippen LogP) is 4.03. The van der Waals surface area contributed by atoms with Crippen LogP contribution in [0.1, 0.15) is 11.3 Å². The van der Waals surface area contributed by atoms with Crippen molar-refractivity contribution in [1.29, 1.82) is 0 Å². The second-order valence-electron chi connectivity index (χ2n) is 6.35. The third-order valence-electron chi connectivity index (χ3n) is 4.31. The van der Waals surface area contributed by atoms with Gasteiger partial charge in [-0.1, -0.05) is 24.3 Å². The Labute approximate surface area is 162 Å². The highest BCUT2D eigenvalue weighted by Gasteiger charge is 2.15. The number of aromatic nitrogens is 4. The Morgan fingerprint density at radius 3 is 2.54 bits per heavy atom. The summed E-state index contributed by atoms with van der Waals surface area (Å²) in [6.45, 7) is 2.31. The van der Waals surface area contributed by atoms with Crippen molar-refractivity contribution in [2.45, 2.75) is 13.5 Å². The van der Waals surface area contributed by atoms with E-state index in [2.05, 4.69) is 15.3 Å². The molecule has 0 spiro atoms. The molecule has 4 aromatic rings. The molecular weight excluding hydrogens is 356 g/mol. The first-order valence-electron chi connectivity index (χ1n) is 8.83. The third-order valence-corrected chi connectivity index (χ3v) is 4.31. The van der Waals surface area contributed by atoms with Crippen molar-refractivity contribution >= 4 is 0 Å². The van der Waals surface area contributed by atoms with Crippen LogP contribution in [0.4, 0.5) is 0 Å². The van der Waals surface area contributed by atoms with Gasteiger partial charge in [-0.3, -0.25) is 4.68 Å². The maximum Gasteiger partial charge on any atom is 0.251 e. The fourth-order valence-corrected chi connectivity index (χ4v) is 2.95. The molecule has 0 aliphatic heterocycles. The standard InChI is InChI=1S/C21H20N4O3/c1-14-17(12-25(2)24-14)21-23-22-20(28-21)16-8-6-7-15(11-16)13-27-19-10-5-4-9-18(19)26-3/h4-12H,13H2,1-3H3. The fourth-order valence-electron chi connectivity index (χ4n) is 2.95. The summed E-state index contributed by atoms with van der Waals surface area (Å²) >= 11 is 0. The summed E-state index contributed by atoms with van der Waals surface area (Å²) < 4.78 is 18.8. The summed E-state index contributed by atoms with van der Waals surface area (Å²) in [5.74, 6) is 2.31. The predicted molar refractivity (Wildman–Crippen MR) is 104 cm³/mol. The van der Waals surface area contributed by atoms with Crippen LogP contribution in [0.5, 0.6) is 11.5 Å². The molecule has 7 nitrogen and oxygen atoms in total. The van der Waals surface area contributed by atoms with Crippen molar-refractivity contribution < 1.29 is 13.9 Å². The van der Waals surface area contributed by atoms with Crippen LogP contribution in [0, 0.1) is 6.92 Å². The van der Waals surface area contributed by atoms with Gasteiger partial charge in [0.25, 0.3) is 5.89 Å². The van der Waals surface area contributed by atoms with Gasteiger partial charge in [-0.25, -0.2) is 0 Å². The van der Waals surface area contributed by atoms with Crippen LogP contribution in [0.3, 0.4) is 0 Å². The SMILES string of the molecule is COc1ccccc1OCc1cccc(-c2nnc(-c3cn(C)nc3C)o2)c1. The Morgan fingerprint density at radius 1 is 1.00 bits per heavy atom. The van der Waals surface area contributed by atoms with Crippen molar-refractivity contribution in [2.24, 2.45) is 7.05 Å². The van der Waals surface area contributed by atoms with Crippen LogP contribution >= 0.6 is 0 Å². The molecule has 0 N–H and O–H groups in total. The van der Waals surface area contributed by atoms with Crippen LogP contribution in [-0.4, -0.2) is 27.1 Å². The molecule has 0 radical (unpaired) electrons. The van der Waals surface area contributed by atoms with E-state index >= 15 is 0 Å². The number of hydrogen-bond donors (Lipinski definition) is 0. The van der Waals surface area contributed by atoms with Gasteiger partial charge in [0.05, 0.1) is 18.4 Å². The van der Waals surface area contributed by atoms with Gasteiger partial charge in [0.2, 0.25) is 5.89 Å². The average Bonchev–Trinajstić information content (AvgIpc) is 3.33. The maximum atomic E-state index is 5.90. The first-order chi connectivity index (χ1) is 13.6. The molecule has 0 saturated heterocycles. The summed E-state index contributed by atoms with van der Waals surface area (Å²) in [6.07, 6.45) is 1.87. The minimum absolute atomic E-state index is 0.400. The molecule has 0 aliphatic carbocycles. The molecule has 2 heterocycles. The Kier molecular flexibility index (Phi) is 4.80. The van der Waals surface area contributed by atoms with Crippen LogP contribution in [0.25, 0.3) is 22.9 Å².